The van der Waals surface area contributed by atoms with Crippen molar-refractivity contribution < 1.29 is 4.74 Å². The van der Waals surface area contributed by atoms with Gasteiger partial charge in [-0.15, -0.1) is 15.3 Å². The van der Waals surface area contributed by atoms with Crippen molar-refractivity contribution in [2.24, 2.45) is 0 Å². The van der Waals surface area contributed by atoms with Crippen LogP contribution >= 0.6 is 0 Å². The van der Waals surface area contributed by atoms with Crippen molar-refractivity contribution in [2.75, 3.05) is 25.1 Å². The quantitative estimate of drug-likeness (QED) is 0.732. The average molecular weight is 310 g/mol. The molecule has 0 spiro atoms. The summed E-state index contributed by atoms with van der Waals surface area (Å²) < 4.78 is 7.48. The second-order valence-electron chi connectivity index (χ2n) is 5.74. The van der Waals surface area contributed by atoms with E-state index in [9.17, 15) is 0 Å². The predicted molar refractivity (Wildman–Crippen MR) is 86.3 cm³/mol. The van der Waals surface area contributed by atoms with Gasteiger partial charge in [0, 0.05) is 38.2 Å². The fraction of sp³-hybridized carbons (Fsp3) is 0.375. The van der Waals surface area contributed by atoms with E-state index in [0.717, 1.165) is 48.8 Å². The molecule has 7 heteroatoms. The number of rotatable bonds is 4. The van der Waals surface area contributed by atoms with E-state index in [1.54, 1.807) is 16.9 Å². The van der Waals surface area contributed by atoms with Gasteiger partial charge in [-0.2, -0.15) is 4.52 Å². The first-order chi connectivity index (χ1) is 11.3. The highest BCUT2D eigenvalue weighted by Gasteiger charge is 2.19. The van der Waals surface area contributed by atoms with Gasteiger partial charge in [0.25, 0.3) is 0 Å². The minimum Gasteiger partial charge on any atom is -0.376 e. The van der Waals surface area contributed by atoms with E-state index in [-0.39, 0.29) is 6.10 Å². The summed E-state index contributed by atoms with van der Waals surface area (Å²) in [5.41, 5.74) is 1.67. The van der Waals surface area contributed by atoms with Crippen LogP contribution in [0.5, 0.6) is 0 Å². The Hall–Kier alpha value is -2.54. The number of likely N-dealkylation sites (N-methyl/N-ethyl adjacent to an activating group) is 1. The lowest BCUT2D eigenvalue weighted by Crippen LogP contribution is -2.29. The molecular weight excluding hydrogens is 292 g/mol. The van der Waals surface area contributed by atoms with Crippen LogP contribution in [0.25, 0.3) is 17.0 Å². The number of hydrogen-bond acceptors (Lipinski definition) is 6. The number of hydrogen-bond donors (Lipinski definition) is 0. The maximum Gasteiger partial charge on any atom is 0.185 e. The Balaban J connectivity index is 1.66. The first kappa shape index (κ1) is 14.1. The summed E-state index contributed by atoms with van der Waals surface area (Å²) in [5.74, 6) is 1.60. The van der Waals surface area contributed by atoms with Crippen molar-refractivity contribution in [1.82, 2.24) is 24.8 Å². The minimum atomic E-state index is 0.290. The maximum absolute atomic E-state index is 5.70. The van der Waals surface area contributed by atoms with E-state index in [1.165, 1.54) is 0 Å². The fourth-order valence-corrected chi connectivity index (χ4v) is 2.85. The summed E-state index contributed by atoms with van der Waals surface area (Å²) in [6.07, 6.45) is 6.02. The molecule has 1 fully saturated rings. The number of nitrogens with zero attached hydrogens (tertiary/aromatic N) is 6. The Bertz CT molecular complexity index is 797. The molecular formula is C16H18N6O. The normalized spacial score (nSPS) is 17.7. The SMILES string of the molecule is CN(C[C@H]1CCCO1)c1ccc2nnc(-c3ccncc3)n2n1. The summed E-state index contributed by atoms with van der Waals surface area (Å²) in [6, 6.07) is 7.71. The molecule has 0 aromatic carbocycles. The van der Waals surface area contributed by atoms with Gasteiger partial charge in [-0.3, -0.25) is 4.98 Å². The molecule has 4 heterocycles. The van der Waals surface area contributed by atoms with Crippen molar-refractivity contribution >= 4 is 11.5 Å². The maximum atomic E-state index is 5.70. The second kappa shape index (κ2) is 5.92. The van der Waals surface area contributed by atoms with E-state index in [4.69, 9.17) is 9.84 Å². The molecule has 0 radical (unpaired) electrons. The van der Waals surface area contributed by atoms with Crippen molar-refractivity contribution in [3.8, 4) is 11.4 Å². The third-order valence-corrected chi connectivity index (χ3v) is 4.08. The number of aromatic nitrogens is 5. The smallest absolute Gasteiger partial charge is 0.185 e. The zero-order valence-corrected chi connectivity index (χ0v) is 13.0. The Morgan fingerprint density at radius 3 is 2.87 bits per heavy atom. The lowest BCUT2D eigenvalue weighted by Gasteiger charge is -2.21. The molecule has 0 amide bonds. The first-order valence-electron chi connectivity index (χ1n) is 7.77. The molecule has 1 aliphatic heterocycles. The highest BCUT2D eigenvalue weighted by atomic mass is 16.5. The molecule has 0 unspecified atom stereocenters. The monoisotopic (exact) mass is 310 g/mol. The van der Waals surface area contributed by atoms with Gasteiger partial charge < -0.3 is 9.64 Å². The number of ether oxygens (including phenoxy) is 1. The molecule has 1 aliphatic rings. The zero-order valence-electron chi connectivity index (χ0n) is 13.0. The molecule has 3 aromatic heterocycles. The lowest BCUT2D eigenvalue weighted by atomic mass is 10.2. The van der Waals surface area contributed by atoms with E-state index < -0.39 is 0 Å². The van der Waals surface area contributed by atoms with Gasteiger partial charge in [-0.25, -0.2) is 0 Å². The molecule has 0 aliphatic carbocycles. The Morgan fingerprint density at radius 2 is 2.09 bits per heavy atom. The zero-order chi connectivity index (χ0) is 15.6. The molecule has 118 valence electrons. The first-order valence-corrected chi connectivity index (χ1v) is 7.77. The van der Waals surface area contributed by atoms with Gasteiger partial charge >= 0.3 is 0 Å². The van der Waals surface area contributed by atoms with E-state index in [0.29, 0.717) is 0 Å². The summed E-state index contributed by atoms with van der Waals surface area (Å²) in [6.45, 7) is 1.70. The van der Waals surface area contributed by atoms with Gasteiger partial charge in [0.05, 0.1) is 6.10 Å². The summed E-state index contributed by atoms with van der Waals surface area (Å²) >= 11 is 0. The van der Waals surface area contributed by atoms with Crippen LogP contribution in [0.1, 0.15) is 12.8 Å². The summed E-state index contributed by atoms with van der Waals surface area (Å²) in [5, 5.41) is 13.1. The topological polar surface area (TPSA) is 68.4 Å². The highest BCUT2D eigenvalue weighted by molar-refractivity contribution is 5.58. The molecule has 23 heavy (non-hydrogen) atoms. The van der Waals surface area contributed by atoms with Crippen LogP contribution in [0.2, 0.25) is 0 Å². The van der Waals surface area contributed by atoms with Crippen LogP contribution in [0.3, 0.4) is 0 Å². The van der Waals surface area contributed by atoms with E-state index in [2.05, 4.69) is 20.1 Å². The van der Waals surface area contributed by atoms with Crippen molar-refractivity contribution in [3.05, 3.63) is 36.7 Å². The molecule has 0 saturated carbocycles. The average Bonchev–Trinajstić information content (AvgIpc) is 3.24. The van der Waals surface area contributed by atoms with Crippen LogP contribution in [0, 0.1) is 0 Å². The van der Waals surface area contributed by atoms with Gasteiger partial charge in [-0.1, -0.05) is 0 Å². The van der Waals surface area contributed by atoms with E-state index in [1.807, 2.05) is 31.3 Å². The van der Waals surface area contributed by atoms with Gasteiger partial charge in [0.2, 0.25) is 0 Å². The Morgan fingerprint density at radius 1 is 1.22 bits per heavy atom. The van der Waals surface area contributed by atoms with E-state index >= 15 is 0 Å². The Labute approximate surface area is 133 Å². The van der Waals surface area contributed by atoms with Crippen LogP contribution in [0.15, 0.2) is 36.7 Å². The van der Waals surface area contributed by atoms with Crippen molar-refractivity contribution in [1.29, 1.82) is 0 Å². The van der Waals surface area contributed by atoms with Gasteiger partial charge in [-0.05, 0) is 37.1 Å². The molecule has 3 aromatic rings. The predicted octanol–water partition coefficient (Wildman–Crippen LogP) is 1.80. The van der Waals surface area contributed by atoms with Crippen LogP contribution in [0.4, 0.5) is 5.82 Å². The number of fused-ring (bicyclic) bond motifs is 1. The molecule has 0 bridgehead atoms. The van der Waals surface area contributed by atoms with Crippen LogP contribution in [-0.2, 0) is 4.74 Å². The molecule has 7 nitrogen and oxygen atoms in total. The van der Waals surface area contributed by atoms with Crippen LogP contribution in [-0.4, -0.2) is 51.1 Å². The summed E-state index contributed by atoms with van der Waals surface area (Å²) in [4.78, 5) is 6.16. The van der Waals surface area contributed by atoms with Crippen molar-refractivity contribution in [3.63, 3.8) is 0 Å². The standard InChI is InChI=1S/C16H18N6O/c1-21(11-13-3-2-10-23-13)15-5-4-14-18-19-16(22(14)20-15)12-6-8-17-9-7-12/h4-9,13H,2-3,10-11H2,1H3/t13-/m1/s1. The summed E-state index contributed by atoms with van der Waals surface area (Å²) in [7, 11) is 2.03. The second-order valence-corrected chi connectivity index (χ2v) is 5.74. The fourth-order valence-electron chi connectivity index (χ4n) is 2.85. The lowest BCUT2D eigenvalue weighted by molar-refractivity contribution is 0.116. The minimum absolute atomic E-state index is 0.290. The number of pyridine rings is 1. The van der Waals surface area contributed by atoms with Gasteiger partial charge in [0.1, 0.15) is 5.82 Å². The highest BCUT2D eigenvalue weighted by Crippen LogP contribution is 2.20. The van der Waals surface area contributed by atoms with Crippen molar-refractivity contribution in [2.45, 2.75) is 18.9 Å². The molecule has 4 rings (SSSR count). The number of anilines is 1. The van der Waals surface area contributed by atoms with Gasteiger partial charge in [0.15, 0.2) is 11.5 Å². The Kier molecular flexibility index (Phi) is 3.63. The third kappa shape index (κ3) is 2.75. The molecule has 1 atom stereocenters. The largest absolute Gasteiger partial charge is 0.376 e. The molecule has 0 N–H and O–H groups in total. The van der Waals surface area contributed by atoms with Crippen LogP contribution < -0.4 is 4.90 Å². The molecule has 1 saturated heterocycles. The third-order valence-electron chi connectivity index (χ3n) is 4.08.